The molecule has 3 heteroatoms. The van der Waals surface area contributed by atoms with Gasteiger partial charge in [-0.2, -0.15) is 0 Å². The highest BCUT2D eigenvalue weighted by molar-refractivity contribution is 5.97. The van der Waals surface area contributed by atoms with Gasteiger partial charge in [-0.05, 0) is 29.3 Å². The van der Waals surface area contributed by atoms with Crippen molar-refractivity contribution in [1.82, 2.24) is 4.98 Å². The lowest BCUT2D eigenvalue weighted by molar-refractivity contribution is 0.645. The van der Waals surface area contributed by atoms with Crippen LogP contribution in [0.5, 0.6) is 0 Å². The average molecular weight is 273 g/mol. The van der Waals surface area contributed by atoms with Gasteiger partial charge in [0.25, 0.3) is 0 Å². The number of hydrogen-bond donors (Lipinski definition) is 0. The van der Waals surface area contributed by atoms with Crippen LogP contribution in [0.15, 0.2) is 76.1 Å². The van der Waals surface area contributed by atoms with Crippen LogP contribution in [0.25, 0.3) is 33.2 Å². The van der Waals surface area contributed by atoms with E-state index in [4.69, 9.17) is 4.42 Å². The van der Waals surface area contributed by atoms with Crippen LogP contribution in [0.3, 0.4) is 0 Å². The summed E-state index contributed by atoms with van der Waals surface area (Å²) in [6.07, 6.45) is 1.67. The van der Waals surface area contributed by atoms with Gasteiger partial charge in [-0.25, -0.2) is 4.98 Å². The molecule has 4 aromatic rings. The molecular weight excluding hydrogens is 262 g/mol. The number of rotatable bonds is 1. The van der Waals surface area contributed by atoms with Crippen LogP contribution >= 0.6 is 0 Å². The molecule has 2 aromatic heterocycles. The largest absolute Gasteiger partial charge is 0.437 e. The van der Waals surface area contributed by atoms with E-state index in [1.807, 2.05) is 48.5 Å². The Morgan fingerprint density at radius 2 is 1.62 bits per heavy atom. The van der Waals surface area contributed by atoms with Crippen molar-refractivity contribution in [3.63, 3.8) is 0 Å². The van der Waals surface area contributed by atoms with Crippen molar-refractivity contribution in [1.29, 1.82) is 0 Å². The molecule has 0 fully saturated rings. The molecule has 0 unspecified atom stereocenters. The number of nitrogens with zero attached hydrogens (tertiary/aromatic N) is 1. The Labute approximate surface area is 120 Å². The van der Waals surface area contributed by atoms with E-state index in [-0.39, 0.29) is 5.43 Å². The van der Waals surface area contributed by atoms with Gasteiger partial charge in [-0.15, -0.1) is 0 Å². The van der Waals surface area contributed by atoms with Gasteiger partial charge in [0.15, 0.2) is 0 Å². The molecule has 0 N–H and O–H groups in total. The van der Waals surface area contributed by atoms with Crippen molar-refractivity contribution in [2.45, 2.75) is 0 Å². The molecule has 0 spiro atoms. The fourth-order valence-electron chi connectivity index (χ4n) is 2.58. The molecule has 21 heavy (non-hydrogen) atoms. The zero-order chi connectivity index (χ0) is 14.2. The molecular formula is C18H11NO2. The summed E-state index contributed by atoms with van der Waals surface area (Å²) in [7, 11) is 0. The summed E-state index contributed by atoms with van der Waals surface area (Å²) in [5, 5.41) is 1.11. The Balaban J connectivity index is 2.19. The Morgan fingerprint density at radius 1 is 0.857 bits per heavy atom. The third kappa shape index (κ3) is 1.82. The molecule has 0 amide bonds. The molecule has 0 aliphatic heterocycles. The van der Waals surface area contributed by atoms with Gasteiger partial charge in [0, 0.05) is 6.20 Å². The smallest absolute Gasteiger partial charge is 0.231 e. The summed E-state index contributed by atoms with van der Waals surface area (Å²) < 4.78 is 5.78. The van der Waals surface area contributed by atoms with Crippen molar-refractivity contribution in [3.05, 3.63) is 77.1 Å². The van der Waals surface area contributed by atoms with Crippen LogP contribution in [-0.4, -0.2) is 4.98 Å². The number of pyridine rings is 1. The maximum Gasteiger partial charge on any atom is 0.231 e. The summed E-state index contributed by atoms with van der Waals surface area (Å²) in [6, 6.07) is 18.9. The first-order valence-electron chi connectivity index (χ1n) is 6.70. The molecule has 0 bridgehead atoms. The molecule has 0 aliphatic rings. The fraction of sp³-hybridized carbons (Fsp3) is 0. The highest BCUT2D eigenvalue weighted by atomic mass is 16.3. The molecule has 0 radical (unpaired) electrons. The molecule has 0 saturated heterocycles. The standard InChI is InChI=1S/C18H11NO2/c20-17-14-8-4-5-9-15(14)21-18-16(17)13(10-11-19-18)12-6-2-1-3-7-12/h1-11H. The fourth-order valence-corrected chi connectivity index (χ4v) is 2.58. The summed E-state index contributed by atoms with van der Waals surface area (Å²) in [6.45, 7) is 0. The molecule has 0 atom stereocenters. The third-order valence-corrected chi connectivity index (χ3v) is 3.57. The van der Waals surface area contributed by atoms with E-state index in [0.29, 0.717) is 22.1 Å². The molecule has 4 rings (SSSR count). The second kappa shape index (κ2) is 4.56. The molecule has 100 valence electrons. The molecule has 0 aliphatic carbocycles. The number of hydrogen-bond acceptors (Lipinski definition) is 3. The quantitative estimate of drug-likeness (QED) is 0.492. The highest BCUT2D eigenvalue weighted by Crippen LogP contribution is 2.27. The minimum Gasteiger partial charge on any atom is -0.437 e. The van der Waals surface area contributed by atoms with E-state index in [9.17, 15) is 4.79 Å². The average Bonchev–Trinajstić information content (AvgIpc) is 2.55. The summed E-state index contributed by atoms with van der Waals surface area (Å²) >= 11 is 0. The van der Waals surface area contributed by atoms with E-state index in [0.717, 1.165) is 11.1 Å². The van der Waals surface area contributed by atoms with Crippen LogP contribution in [-0.2, 0) is 0 Å². The van der Waals surface area contributed by atoms with Gasteiger partial charge in [0.1, 0.15) is 5.58 Å². The van der Waals surface area contributed by atoms with Crippen LogP contribution in [0.1, 0.15) is 0 Å². The van der Waals surface area contributed by atoms with Crippen molar-refractivity contribution >= 4 is 22.1 Å². The first kappa shape index (κ1) is 11.9. The van der Waals surface area contributed by atoms with Crippen molar-refractivity contribution in [2.24, 2.45) is 0 Å². The van der Waals surface area contributed by atoms with Crippen LogP contribution < -0.4 is 5.43 Å². The highest BCUT2D eigenvalue weighted by Gasteiger charge is 2.13. The summed E-state index contributed by atoms with van der Waals surface area (Å²) in [4.78, 5) is 17.0. The Hall–Kier alpha value is -2.94. The van der Waals surface area contributed by atoms with Gasteiger partial charge in [0.05, 0.1) is 10.8 Å². The Kier molecular flexibility index (Phi) is 2.57. The lowest BCUT2D eigenvalue weighted by atomic mass is 10.0. The van der Waals surface area contributed by atoms with Crippen LogP contribution in [0.4, 0.5) is 0 Å². The number of benzene rings is 2. The zero-order valence-corrected chi connectivity index (χ0v) is 11.1. The maximum absolute atomic E-state index is 12.8. The van der Waals surface area contributed by atoms with Crippen molar-refractivity contribution in [3.8, 4) is 11.1 Å². The maximum atomic E-state index is 12.8. The molecule has 2 heterocycles. The van der Waals surface area contributed by atoms with Crippen LogP contribution in [0.2, 0.25) is 0 Å². The minimum absolute atomic E-state index is 0.0428. The topological polar surface area (TPSA) is 43.1 Å². The first-order valence-corrected chi connectivity index (χ1v) is 6.70. The first-order chi connectivity index (χ1) is 10.3. The van der Waals surface area contributed by atoms with Crippen molar-refractivity contribution < 1.29 is 4.42 Å². The molecule has 2 aromatic carbocycles. The zero-order valence-electron chi connectivity index (χ0n) is 11.1. The normalized spacial score (nSPS) is 11.0. The van der Waals surface area contributed by atoms with Crippen LogP contribution in [0, 0.1) is 0 Å². The van der Waals surface area contributed by atoms with Gasteiger partial charge >= 0.3 is 0 Å². The Bertz CT molecular complexity index is 1000. The molecule has 3 nitrogen and oxygen atoms in total. The molecule has 0 saturated carbocycles. The van der Waals surface area contributed by atoms with E-state index >= 15 is 0 Å². The van der Waals surface area contributed by atoms with E-state index in [1.165, 1.54) is 0 Å². The number of fused-ring (bicyclic) bond motifs is 2. The number of aromatic nitrogens is 1. The Morgan fingerprint density at radius 3 is 2.48 bits per heavy atom. The van der Waals surface area contributed by atoms with E-state index in [1.54, 1.807) is 18.3 Å². The third-order valence-electron chi connectivity index (χ3n) is 3.57. The van der Waals surface area contributed by atoms with Gasteiger partial charge in [0.2, 0.25) is 11.1 Å². The lowest BCUT2D eigenvalue weighted by Gasteiger charge is -2.06. The minimum atomic E-state index is -0.0428. The number of para-hydroxylation sites is 1. The second-order valence-electron chi connectivity index (χ2n) is 4.83. The lowest BCUT2D eigenvalue weighted by Crippen LogP contribution is -2.04. The van der Waals surface area contributed by atoms with Gasteiger partial charge < -0.3 is 4.42 Å². The predicted octanol–water partition coefficient (Wildman–Crippen LogP) is 4.01. The second-order valence-corrected chi connectivity index (χ2v) is 4.83. The summed E-state index contributed by atoms with van der Waals surface area (Å²) in [5.74, 6) is 0. The van der Waals surface area contributed by atoms with E-state index < -0.39 is 0 Å². The van der Waals surface area contributed by atoms with Gasteiger partial charge in [-0.1, -0.05) is 42.5 Å². The van der Waals surface area contributed by atoms with Crippen molar-refractivity contribution in [2.75, 3.05) is 0 Å². The summed E-state index contributed by atoms with van der Waals surface area (Å²) in [5.41, 5.74) is 2.72. The SMILES string of the molecule is O=c1c2ccccc2oc2nccc(-c3ccccc3)c12. The monoisotopic (exact) mass is 273 g/mol. The van der Waals surface area contributed by atoms with Gasteiger partial charge in [-0.3, -0.25) is 4.79 Å². The van der Waals surface area contributed by atoms with E-state index in [2.05, 4.69) is 4.98 Å². The predicted molar refractivity (Wildman–Crippen MR) is 83.2 cm³/mol.